The van der Waals surface area contributed by atoms with Gasteiger partial charge in [-0.25, -0.2) is 4.68 Å². The summed E-state index contributed by atoms with van der Waals surface area (Å²) in [5.41, 5.74) is 4.26. The quantitative estimate of drug-likeness (QED) is 0.443. The van der Waals surface area contributed by atoms with Gasteiger partial charge in [0.1, 0.15) is 0 Å². The van der Waals surface area contributed by atoms with E-state index in [0.29, 0.717) is 12.1 Å². The normalized spacial score (nSPS) is 18.2. The second-order valence-corrected chi connectivity index (χ2v) is 9.82. The van der Waals surface area contributed by atoms with E-state index in [-0.39, 0.29) is 0 Å². The molecule has 3 aromatic heterocycles. The van der Waals surface area contributed by atoms with E-state index >= 15 is 0 Å². The van der Waals surface area contributed by atoms with Crippen molar-refractivity contribution in [1.82, 2.24) is 45.1 Å². The summed E-state index contributed by atoms with van der Waals surface area (Å²) in [6.07, 6.45) is 11.2. The third kappa shape index (κ3) is 3.99. The average Bonchev–Trinajstić information content (AvgIpc) is 3.61. The minimum absolute atomic E-state index is 0.435. The van der Waals surface area contributed by atoms with Crippen molar-refractivity contribution in [2.24, 2.45) is 0 Å². The largest absolute Gasteiger partial charge is 0.288 e. The Labute approximate surface area is 193 Å². The Balaban J connectivity index is 1.35. The molecule has 9 heteroatoms. The maximum absolute atomic E-state index is 4.47. The van der Waals surface area contributed by atoms with Crippen LogP contribution in [-0.2, 0) is 13.1 Å². The maximum Gasteiger partial charge on any atom is 0.184 e. The minimum atomic E-state index is 0.435. The van der Waals surface area contributed by atoms with Gasteiger partial charge in [-0.05, 0) is 71.7 Å². The smallest absolute Gasteiger partial charge is 0.184 e. The van der Waals surface area contributed by atoms with Crippen LogP contribution >= 0.6 is 0 Å². The van der Waals surface area contributed by atoms with Crippen molar-refractivity contribution in [3.05, 3.63) is 41.2 Å². The van der Waals surface area contributed by atoms with Crippen LogP contribution in [0.3, 0.4) is 0 Å². The van der Waals surface area contributed by atoms with Gasteiger partial charge in [0.05, 0.1) is 18.1 Å². The summed E-state index contributed by atoms with van der Waals surface area (Å²) in [6, 6.07) is 9.66. The predicted molar refractivity (Wildman–Crippen MR) is 124 cm³/mol. The first-order valence-corrected chi connectivity index (χ1v) is 12.4. The molecule has 0 N–H and O–H groups in total. The number of aryl methyl sites for hydroxylation is 1. The SMILES string of the molecule is Cc1ccc2c(c1)cc(CN(Cc1nnnn1C1CCCCC1)C1CCCC1)c1nnnn12. The van der Waals surface area contributed by atoms with Gasteiger partial charge in [0.15, 0.2) is 11.5 Å². The van der Waals surface area contributed by atoms with Crippen molar-refractivity contribution < 1.29 is 0 Å². The fourth-order valence-electron chi connectivity index (χ4n) is 5.81. The fraction of sp³-hybridized carbons (Fsp3) is 0.583. The molecule has 0 atom stereocenters. The zero-order valence-electron chi connectivity index (χ0n) is 19.3. The molecule has 0 spiro atoms. The van der Waals surface area contributed by atoms with Crippen molar-refractivity contribution in [2.75, 3.05) is 0 Å². The fourth-order valence-corrected chi connectivity index (χ4v) is 5.81. The number of hydrogen-bond donors (Lipinski definition) is 0. The first-order chi connectivity index (χ1) is 16.3. The third-order valence-corrected chi connectivity index (χ3v) is 7.54. The van der Waals surface area contributed by atoms with E-state index in [9.17, 15) is 0 Å². The zero-order chi connectivity index (χ0) is 22.2. The molecular formula is C24H31N9. The highest BCUT2D eigenvalue weighted by atomic mass is 15.6. The lowest BCUT2D eigenvalue weighted by molar-refractivity contribution is 0.169. The number of nitrogens with zero attached hydrogens (tertiary/aromatic N) is 9. The Morgan fingerprint density at radius 2 is 1.67 bits per heavy atom. The molecule has 1 aromatic carbocycles. The van der Waals surface area contributed by atoms with Crippen LogP contribution in [0.5, 0.6) is 0 Å². The number of benzene rings is 1. The molecule has 2 aliphatic carbocycles. The molecule has 0 saturated heterocycles. The highest BCUT2D eigenvalue weighted by Crippen LogP contribution is 2.31. The van der Waals surface area contributed by atoms with E-state index in [2.05, 4.69) is 71.8 Å². The van der Waals surface area contributed by atoms with Crippen LogP contribution in [0.25, 0.3) is 16.6 Å². The second kappa shape index (κ2) is 8.78. The number of rotatable bonds is 6. The molecule has 172 valence electrons. The van der Waals surface area contributed by atoms with Crippen LogP contribution in [0.4, 0.5) is 0 Å². The first-order valence-electron chi connectivity index (χ1n) is 12.4. The topological polar surface area (TPSA) is 89.9 Å². The Morgan fingerprint density at radius 3 is 2.52 bits per heavy atom. The van der Waals surface area contributed by atoms with Crippen LogP contribution in [0.1, 0.15) is 80.8 Å². The predicted octanol–water partition coefficient (Wildman–Crippen LogP) is 4.02. The van der Waals surface area contributed by atoms with Gasteiger partial charge in [-0.1, -0.05) is 43.7 Å². The molecule has 0 amide bonds. The number of aromatic nitrogens is 8. The van der Waals surface area contributed by atoms with E-state index in [1.807, 2.05) is 4.52 Å². The molecule has 2 aliphatic rings. The second-order valence-electron chi connectivity index (χ2n) is 9.82. The third-order valence-electron chi connectivity index (χ3n) is 7.54. The molecular weight excluding hydrogens is 414 g/mol. The van der Waals surface area contributed by atoms with Gasteiger partial charge in [-0.3, -0.25) is 4.90 Å². The van der Waals surface area contributed by atoms with E-state index in [4.69, 9.17) is 0 Å². The highest BCUT2D eigenvalue weighted by Gasteiger charge is 2.28. The van der Waals surface area contributed by atoms with Gasteiger partial charge >= 0.3 is 0 Å². The lowest BCUT2D eigenvalue weighted by Gasteiger charge is -2.29. The Hall–Kier alpha value is -2.94. The average molecular weight is 446 g/mol. The summed E-state index contributed by atoms with van der Waals surface area (Å²) in [4.78, 5) is 2.56. The van der Waals surface area contributed by atoms with Crippen molar-refractivity contribution in [3.63, 3.8) is 0 Å². The summed E-state index contributed by atoms with van der Waals surface area (Å²) in [5.74, 6) is 0.987. The maximum atomic E-state index is 4.47. The van der Waals surface area contributed by atoms with E-state index in [1.54, 1.807) is 0 Å². The number of hydrogen-bond acceptors (Lipinski definition) is 7. The molecule has 0 aliphatic heterocycles. The Morgan fingerprint density at radius 1 is 0.879 bits per heavy atom. The van der Waals surface area contributed by atoms with E-state index in [1.165, 1.54) is 68.7 Å². The van der Waals surface area contributed by atoms with Crippen LogP contribution in [0.15, 0.2) is 24.3 Å². The summed E-state index contributed by atoms with van der Waals surface area (Å²) < 4.78 is 3.99. The van der Waals surface area contributed by atoms with Crippen molar-refractivity contribution >= 4 is 16.6 Å². The molecule has 6 rings (SSSR count). The van der Waals surface area contributed by atoms with Gasteiger partial charge < -0.3 is 0 Å². The minimum Gasteiger partial charge on any atom is -0.288 e. The lowest BCUT2D eigenvalue weighted by atomic mass is 9.95. The summed E-state index contributed by atoms with van der Waals surface area (Å²) in [7, 11) is 0. The molecule has 2 saturated carbocycles. The number of pyridine rings is 1. The molecule has 0 unspecified atom stereocenters. The molecule has 4 aromatic rings. The van der Waals surface area contributed by atoms with E-state index < -0.39 is 0 Å². The van der Waals surface area contributed by atoms with Gasteiger partial charge in [-0.2, -0.15) is 4.52 Å². The van der Waals surface area contributed by atoms with Crippen molar-refractivity contribution in [1.29, 1.82) is 0 Å². The molecule has 33 heavy (non-hydrogen) atoms. The zero-order valence-corrected chi connectivity index (χ0v) is 19.3. The summed E-state index contributed by atoms with van der Waals surface area (Å²) in [5, 5.41) is 26.8. The molecule has 0 bridgehead atoms. The number of tetrazole rings is 2. The van der Waals surface area contributed by atoms with E-state index in [0.717, 1.165) is 35.6 Å². The summed E-state index contributed by atoms with van der Waals surface area (Å²) in [6.45, 7) is 3.67. The lowest BCUT2D eigenvalue weighted by Crippen LogP contribution is -2.34. The van der Waals surface area contributed by atoms with Gasteiger partial charge in [-0.15, -0.1) is 10.2 Å². The van der Waals surface area contributed by atoms with Crippen molar-refractivity contribution in [3.8, 4) is 0 Å². The molecule has 3 heterocycles. The standard InChI is InChI=1S/C24H31N9/c1-17-11-12-22-18(13-17)14-19(24-26-28-30-33(22)24)15-31(20-7-5-6-8-20)16-23-25-27-29-32(23)21-9-3-2-4-10-21/h11-14,20-21H,2-10,15-16H2,1H3. The van der Waals surface area contributed by atoms with Crippen molar-refractivity contribution in [2.45, 2.75) is 89.9 Å². The van der Waals surface area contributed by atoms with Crippen LogP contribution in [-0.4, -0.2) is 51.2 Å². The molecule has 2 fully saturated rings. The summed E-state index contributed by atoms with van der Waals surface area (Å²) >= 11 is 0. The van der Waals surface area contributed by atoms with Crippen LogP contribution in [0, 0.1) is 6.92 Å². The highest BCUT2D eigenvalue weighted by molar-refractivity contribution is 5.83. The van der Waals surface area contributed by atoms with Crippen LogP contribution < -0.4 is 0 Å². The van der Waals surface area contributed by atoms with Gasteiger partial charge in [0, 0.05) is 23.5 Å². The molecule has 9 nitrogen and oxygen atoms in total. The Kier molecular flexibility index (Phi) is 5.49. The Bertz CT molecular complexity index is 1250. The van der Waals surface area contributed by atoms with Crippen LogP contribution in [0.2, 0.25) is 0 Å². The first kappa shape index (κ1) is 20.7. The molecule has 0 radical (unpaired) electrons. The monoisotopic (exact) mass is 445 g/mol. The number of fused-ring (bicyclic) bond motifs is 3. The van der Waals surface area contributed by atoms with Gasteiger partial charge in [0.2, 0.25) is 0 Å². The van der Waals surface area contributed by atoms with Gasteiger partial charge in [0.25, 0.3) is 0 Å².